The smallest absolute Gasteiger partial charge is 0.240 e. The van der Waals surface area contributed by atoms with Gasteiger partial charge in [0, 0.05) is 0 Å². The van der Waals surface area contributed by atoms with Crippen LogP contribution in [0.5, 0.6) is 0 Å². The average molecular weight is 341 g/mol. The second-order valence-corrected chi connectivity index (χ2v) is 7.02. The normalized spacial score (nSPS) is 15.2. The van der Waals surface area contributed by atoms with Gasteiger partial charge in [0.15, 0.2) is 0 Å². The van der Waals surface area contributed by atoms with E-state index in [0.29, 0.717) is 0 Å². The number of nitrogens with one attached hydrogen (secondary N) is 1. The number of para-hydroxylation sites is 2. The second kappa shape index (κ2) is 5.70. The van der Waals surface area contributed by atoms with E-state index in [0.717, 1.165) is 23.9 Å². The third-order valence-corrected chi connectivity index (χ3v) is 5.28. The van der Waals surface area contributed by atoms with E-state index in [9.17, 15) is 4.79 Å². The van der Waals surface area contributed by atoms with Gasteiger partial charge in [-0.15, -0.1) is 0 Å². The molecule has 4 nitrogen and oxygen atoms in total. The molecule has 3 aromatic carbocycles. The van der Waals surface area contributed by atoms with Crippen LogP contribution in [0.1, 0.15) is 18.4 Å². The lowest BCUT2D eigenvalue weighted by molar-refractivity contribution is -0.122. The number of fused-ring (bicyclic) bond motifs is 2. The van der Waals surface area contributed by atoms with Gasteiger partial charge >= 0.3 is 0 Å². The van der Waals surface area contributed by atoms with E-state index in [2.05, 4.69) is 52.8 Å². The van der Waals surface area contributed by atoms with Crippen LogP contribution in [0.3, 0.4) is 0 Å². The topological polar surface area (TPSA) is 46.9 Å². The van der Waals surface area contributed by atoms with Crippen LogP contribution in [0.25, 0.3) is 21.8 Å². The van der Waals surface area contributed by atoms with E-state index >= 15 is 0 Å². The van der Waals surface area contributed by atoms with Crippen LogP contribution in [0.4, 0.5) is 0 Å². The fraction of sp³-hybridized carbons (Fsp3) is 0.182. The third-order valence-electron chi connectivity index (χ3n) is 5.28. The van der Waals surface area contributed by atoms with Crippen LogP contribution >= 0.6 is 0 Å². The number of imidazole rings is 1. The van der Waals surface area contributed by atoms with Gasteiger partial charge in [0.1, 0.15) is 6.54 Å². The van der Waals surface area contributed by atoms with E-state index < -0.39 is 0 Å². The van der Waals surface area contributed by atoms with Crippen molar-refractivity contribution >= 4 is 27.7 Å². The molecule has 4 heteroatoms. The molecule has 1 fully saturated rings. The molecule has 0 unspecified atom stereocenters. The summed E-state index contributed by atoms with van der Waals surface area (Å²) in [5.41, 5.74) is 2.89. The molecular formula is C22H19N3O. The predicted molar refractivity (Wildman–Crippen MR) is 103 cm³/mol. The molecule has 1 heterocycles. The van der Waals surface area contributed by atoms with Gasteiger partial charge < -0.3 is 9.88 Å². The highest BCUT2D eigenvalue weighted by molar-refractivity contribution is 5.88. The van der Waals surface area contributed by atoms with Crippen LogP contribution in [0.2, 0.25) is 0 Å². The molecule has 4 aromatic rings. The zero-order valence-corrected chi connectivity index (χ0v) is 14.4. The Hall–Kier alpha value is -3.14. The summed E-state index contributed by atoms with van der Waals surface area (Å²) in [4.78, 5) is 17.1. The highest BCUT2D eigenvalue weighted by Gasteiger charge is 2.46. The largest absolute Gasteiger partial charge is 0.345 e. The van der Waals surface area contributed by atoms with Crippen molar-refractivity contribution in [2.45, 2.75) is 24.9 Å². The van der Waals surface area contributed by atoms with Gasteiger partial charge in [0.05, 0.1) is 22.9 Å². The van der Waals surface area contributed by atoms with Crippen LogP contribution < -0.4 is 5.32 Å². The minimum atomic E-state index is -0.228. The molecule has 1 aliphatic carbocycles. The molecule has 128 valence electrons. The fourth-order valence-corrected chi connectivity index (χ4v) is 3.83. The number of carbonyl (C=O) groups excluding carboxylic acids is 1. The number of hydrogen-bond donors (Lipinski definition) is 1. The molecular weight excluding hydrogens is 322 g/mol. The van der Waals surface area contributed by atoms with Crippen molar-refractivity contribution in [2.75, 3.05) is 0 Å². The number of benzene rings is 3. The summed E-state index contributed by atoms with van der Waals surface area (Å²) in [6.45, 7) is 0.285. The van der Waals surface area contributed by atoms with E-state index in [4.69, 9.17) is 0 Å². The molecule has 0 radical (unpaired) electrons. The minimum Gasteiger partial charge on any atom is -0.345 e. The Morgan fingerprint density at radius 3 is 2.65 bits per heavy atom. The first-order valence-electron chi connectivity index (χ1n) is 8.94. The monoisotopic (exact) mass is 341 g/mol. The van der Waals surface area contributed by atoms with Crippen LogP contribution in [-0.2, 0) is 16.9 Å². The highest BCUT2D eigenvalue weighted by atomic mass is 16.2. The van der Waals surface area contributed by atoms with Crippen LogP contribution in [0, 0.1) is 0 Å². The molecule has 0 spiro atoms. The predicted octanol–water partition coefficient (Wildman–Crippen LogP) is 4.00. The molecule has 0 atom stereocenters. The first-order chi connectivity index (χ1) is 12.8. The van der Waals surface area contributed by atoms with Gasteiger partial charge in [0.2, 0.25) is 5.91 Å². The lowest BCUT2D eigenvalue weighted by atomic mass is 9.97. The molecule has 1 aromatic heterocycles. The lowest BCUT2D eigenvalue weighted by Gasteiger charge is -2.20. The number of rotatable bonds is 4. The number of nitrogens with zero attached hydrogens (tertiary/aromatic N) is 2. The summed E-state index contributed by atoms with van der Waals surface area (Å²) in [7, 11) is 0. The van der Waals surface area contributed by atoms with Gasteiger partial charge in [-0.3, -0.25) is 4.79 Å². The van der Waals surface area contributed by atoms with Crippen molar-refractivity contribution in [1.82, 2.24) is 14.9 Å². The maximum absolute atomic E-state index is 12.8. The van der Waals surface area contributed by atoms with Gasteiger partial charge in [-0.2, -0.15) is 0 Å². The van der Waals surface area contributed by atoms with Crippen LogP contribution in [0.15, 0.2) is 73.1 Å². The Morgan fingerprint density at radius 2 is 1.77 bits per heavy atom. The molecule has 0 bridgehead atoms. The lowest BCUT2D eigenvalue weighted by Crippen LogP contribution is -2.37. The summed E-state index contributed by atoms with van der Waals surface area (Å²) in [5, 5.41) is 5.73. The third kappa shape index (κ3) is 2.46. The maximum Gasteiger partial charge on any atom is 0.240 e. The van der Waals surface area contributed by atoms with Gasteiger partial charge in [-0.1, -0.05) is 54.6 Å². The zero-order valence-electron chi connectivity index (χ0n) is 14.4. The minimum absolute atomic E-state index is 0.0265. The summed E-state index contributed by atoms with van der Waals surface area (Å²) in [6.07, 6.45) is 3.70. The molecule has 1 saturated carbocycles. The van der Waals surface area contributed by atoms with E-state index in [1.807, 2.05) is 28.8 Å². The van der Waals surface area contributed by atoms with Crippen molar-refractivity contribution in [1.29, 1.82) is 0 Å². The Labute approximate surface area is 151 Å². The number of hydrogen-bond acceptors (Lipinski definition) is 2. The van der Waals surface area contributed by atoms with Gasteiger partial charge in [-0.25, -0.2) is 4.98 Å². The van der Waals surface area contributed by atoms with Gasteiger partial charge in [0.25, 0.3) is 0 Å². The van der Waals surface area contributed by atoms with Crippen molar-refractivity contribution in [3.05, 3.63) is 78.6 Å². The molecule has 1 N–H and O–H groups in total. The van der Waals surface area contributed by atoms with Crippen molar-refractivity contribution in [2.24, 2.45) is 0 Å². The van der Waals surface area contributed by atoms with Crippen molar-refractivity contribution in [3.8, 4) is 0 Å². The summed E-state index contributed by atoms with van der Waals surface area (Å²) < 4.78 is 1.91. The summed E-state index contributed by atoms with van der Waals surface area (Å²) in [6, 6.07) is 22.6. The first kappa shape index (κ1) is 15.1. The fourth-order valence-electron chi connectivity index (χ4n) is 3.83. The molecule has 5 rings (SSSR count). The SMILES string of the molecule is O=C(Cn1cnc2ccccc21)NC1(c2cccc3ccccc23)CC1. The van der Waals surface area contributed by atoms with Crippen LogP contribution in [-0.4, -0.2) is 15.5 Å². The molecule has 0 saturated heterocycles. The Kier molecular flexibility index (Phi) is 3.32. The highest BCUT2D eigenvalue weighted by Crippen LogP contribution is 2.47. The Bertz CT molecular complexity index is 1120. The number of amides is 1. The van der Waals surface area contributed by atoms with E-state index in [1.165, 1.54) is 16.3 Å². The molecule has 1 aliphatic rings. The Morgan fingerprint density at radius 1 is 1.00 bits per heavy atom. The van der Waals surface area contributed by atoms with Gasteiger partial charge in [-0.05, 0) is 41.3 Å². The molecule has 26 heavy (non-hydrogen) atoms. The zero-order chi connectivity index (χ0) is 17.6. The second-order valence-electron chi connectivity index (χ2n) is 7.02. The quantitative estimate of drug-likeness (QED) is 0.610. The Balaban J connectivity index is 1.42. The molecule has 0 aliphatic heterocycles. The summed E-state index contributed by atoms with van der Waals surface area (Å²) >= 11 is 0. The first-order valence-corrected chi connectivity index (χ1v) is 8.94. The summed E-state index contributed by atoms with van der Waals surface area (Å²) in [5.74, 6) is 0.0265. The van der Waals surface area contributed by atoms with Crippen molar-refractivity contribution < 1.29 is 4.79 Å². The number of carbonyl (C=O) groups is 1. The average Bonchev–Trinajstić information content (AvgIpc) is 3.34. The van der Waals surface area contributed by atoms with E-state index in [1.54, 1.807) is 6.33 Å². The number of aromatic nitrogens is 2. The molecule has 1 amide bonds. The maximum atomic E-state index is 12.8. The standard InChI is InChI=1S/C22H19N3O/c26-21(14-25-15-23-19-10-3-4-11-20(19)25)24-22(12-13-22)18-9-5-7-16-6-1-2-8-17(16)18/h1-11,15H,12-14H2,(H,24,26). The van der Waals surface area contributed by atoms with E-state index in [-0.39, 0.29) is 18.0 Å². The van der Waals surface area contributed by atoms with Crippen molar-refractivity contribution in [3.63, 3.8) is 0 Å².